The number of hydrogen-bond acceptors (Lipinski definition) is 3. The maximum atomic E-state index is 13.9. The van der Waals surface area contributed by atoms with Crippen LogP contribution in [0.15, 0.2) is 18.2 Å². The van der Waals surface area contributed by atoms with Crippen LogP contribution >= 0.6 is 0 Å². The first-order chi connectivity index (χ1) is 7.65. The summed E-state index contributed by atoms with van der Waals surface area (Å²) < 4.78 is 18.7. The van der Waals surface area contributed by atoms with Gasteiger partial charge in [0.25, 0.3) is 0 Å². The summed E-state index contributed by atoms with van der Waals surface area (Å²) in [5.74, 6) is -0.0891. The summed E-state index contributed by atoms with van der Waals surface area (Å²) in [6, 6.07) is 4.13. The van der Waals surface area contributed by atoms with Crippen molar-refractivity contribution in [2.45, 2.75) is 25.0 Å². The van der Waals surface area contributed by atoms with E-state index < -0.39 is 18.0 Å². The van der Waals surface area contributed by atoms with Crippen LogP contribution in [-0.2, 0) is 0 Å². The van der Waals surface area contributed by atoms with Gasteiger partial charge in [-0.25, -0.2) is 4.39 Å². The highest BCUT2D eigenvalue weighted by Crippen LogP contribution is 2.38. The highest BCUT2D eigenvalue weighted by Gasteiger charge is 2.35. The topological polar surface area (TPSA) is 55.5 Å². The second kappa shape index (κ2) is 4.39. The fourth-order valence-corrected chi connectivity index (χ4v) is 1.86. The maximum absolute atomic E-state index is 13.9. The van der Waals surface area contributed by atoms with Crippen LogP contribution < -0.4 is 10.5 Å². The monoisotopic (exact) mass is 225 g/mol. The number of aliphatic hydroxyl groups is 1. The van der Waals surface area contributed by atoms with Crippen LogP contribution in [0.2, 0.25) is 0 Å². The number of nitrogens with two attached hydrogens (primary N) is 1. The van der Waals surface area contributed by atoms with Gasteiger partial charge < -0.3 is 15.6 Å². The van der Waals surface area contributed by atoms with E-state index in [4.69, 9.17) is 10.5 Å². The number of methoxy groups -OCH3 is 1. The number of benzene rings is 1. The van der Waals surface area contributed by atoms with Crippen LogP contribution in [0, 0.1) is 11.7 Å². The van der Waals surface area contributed by atoms with Gasteiger partial charge in [-0.2, -0.15) is 0 Å². The van der Waals surface area contributed by atoms with Crippen LogP contribution in [0.3, 0.4) is 0 Å². The van der Waals surface area contributed by atoms with Crippen LogP contribution in [0.4, 0.5) is 4.39 Å². The summed E-state index contributed by atoms with van der Waals surface area (Å²) in [6.45, 7) is 0. The van der Waals surface area contributed by atoms with Gasteiger partial charge in [-0.05, 0) is 24.8 Å². The third-order valence-electron chi connectivity index (χ3n) is 3.05. The Hall–Kier alpha value is -1.13. The van der Waals surface area contributed by atoms with Crippen molar-refractivity contribution < 1.29 is 14.2 Å². The zero-order valence-electron chi connectivity index (χ0n) is 9.19. The van der Waals surface area contributed by atoms with Crippen molar-refractivity contribution in [2.75, 3.05) is 7.11 Å². The Morgan fingerprint density at radius 1 is 1.50 bits per heavy atom. The van der Waals surface area contributed by atoms with Crippen molar-refractivity contribution in [1.82, 2.24) is 0 Å². The summed E-state index contributed by atoms with van der Waals surface area (Å²) in [6.07, 6.45) is 1.28. The van der Waals surface area contributed by atoms with Gasteiger partial charge in [0.1, 0.15) is 0 Å². The van der Waals surface area contributed by atoms with Crippen molar-refractivity contribution in [2.24, 2.45) is 11.7 Å². The molecule has 1 aromatic carbocycles. The van der Waals surface area contributed by atoms with E-state index in [1.807, 2.05) is 0 Å². The molecule has 0 radical (unpaired) electrons. The van der Waals surface area contributed by atoms with Crippen molar-refractivity contribution >= 4 is 0 Å². The van der Waals surface area contributed by atoms with Crippen molar-refractivity contribution in [3.8, 4) is 5.75 Å². The number of aliphatic hydroxyl groups excluding tert-OH is 1. The molecule has 0 spiro atoms. The Morgan fingerprint density at radius 3 is 2.75 bits per heavy atom. The van der Waals surface area contributed by atoms with Gasteiger partial charge in [0, 0.05) is 5.56 Å². The predicted molar refractivity (Wildman–Crippen MR) is 58.6 cm³/mol. The highest BCUT2D eigenvalue weighted by molar-refractivity contribution is 5.33. The average Bonchev–Trinajstić information content (AvgIpc) is 3.11. The standard InChI is InChI=1S/C12H16FNO2/c1-16-9-4-2-3-8(10(9)13)11(14)12(15)7-5-6-7/h2-4,7,11-12,15H,5-6,14H2,1H3/t11-,12+/m1/s1. The number of halogens is 1. The normalized spacial score (nSPS) is 19.2. The van der Waals surface area contributed by atoms with Crippen LogP contribution in [0.5, 0.6) is 5.75 Å². The summed E-state index contributed by atoms with van der Waals surface area (Å²) in [4.78, 5) is 0. The van der Waals surface area contributed by atoms with Gasteiger partial charge in [0.15, 0.2) is 11.6 Å². The lowest BCUT2D eigenvalue weighted by atomic mass is 9.98. The first-order valence-corrected chi connectivity index (χ1v) is 5.41. The molecule has 1 aliphatic carbocycles. The highest BCUT2D eigenvalue weighted by atomic mass is 19.1. The number of hydrogen-bond donors (Lipinski definition) is 2. The zero-order valence-corrected chi connectivity index (χ0v) is 9.19. The van der Waals surface area contributed by atoms with Gasteiger partial charge in [-0.3, -0.25) is 0 Å². The van der Waals surface area contributed by atoms with E-state index in [1.54, 1.807) is 12.1 Å². The molecule has 1 aliphatic rings. The van der Waals surface area contributed by atoms with Gasteiger partial charge >= 0.3 is 0 Å². The minimum Gasteiger partial charge on any atom is -0.494 e. The summed E-state index contributed by atoms with van der Waals surface area (Å²) in [5.41, 5.74) is 6.18. The molecule has 0 heterocycles. The quantitative estimate of drug-likeness (QED) is 0.818. The Bertz CT molecular complexity index is 379. The first kappa shape index (κ1) is 11.4. The molecule has 88 valence electrons. The lowest BCUT2D eigenvalue weighted by Crippen LogP contribution is -2.28. The van der Waals surface area contributed by atoms with E-state index in [2.05, 4.69) is 0 Å². The molecule has 2 atom stereocenters. The largest absolute Gasteiger partial charge is 0.494 e. The molecule has 0 aromatic heterocycles. The fraction of sp³-hybridized carbons (Fsp3) is 0.500. The molecular weight excluding hydrogens is 209 g/mol. The van der Waals surface area contributed by atoms with E-state index in [0.717, 1.165) is 12.8 Å². The third-order valence-corrected chi connectivity index (χ3v) is 3.05. The molecule has 0 unspecified atom stereocenters. The Labute approximate surface area is 94.0 Å². The fourth-order valence-electron chi connectivity index (χ4n) is 1.86. The lowest BCUT2D eigenvalue weighted by Gasteiger charge is -2.20. The lowest BCUT2D eigenvalue weighted by molar-refractivity contribution is 0.120. The van der Waals surface area contributed by atoms with Crippen molar-refractivity contribution in [3.63, 3.8) is 0 Å². The van der Waals surface area contributed by atoms with Crippen LogP contribution in [-0.4, -0.2) is 18.3 Å². The molecule has 0 aliphatic heterocycles. The number of ether oxygens (including phenoxy) is 1. The predicted octanol–water partition coefficient (Wildman–Crippen LogP) is 1.60. The molecule has 2 rings (SSSR count). The smallest absolute Gasteiger partial charge is 0.169 e. The third kappa shape index (κ3) is 2.03. The molecule has 0 saturated heterocycles. The average molecular weight is 225 g/mol. The minimum atomic E-state index is -0.678. The zero-order chi connectivity index (χ0) is 11.7. The van der Waals surface area contributed by atoms with Crippen LogP contribution in [0.1, 0.15) is 24.4 Å². The molecule has 0 bridgehead atoms. The Kier molecular flexibility index (Phi) is 3.12. The molecule has 0 amide bonds. The Balaban J connectivity index is 2.24. The summed E-state index contributed by atoms with van der Waals surface area (Å²) >= 11 is 0. The van der Waals surface area contributed by atoms with Gasteiger partial charge in [0.2, 0.25) is 0 Å². The second-order valence-corrected chi connectivity index (χ2v) is 4.22. The van der Waals surface area contributed by atoms with E-state index >= 15 is 0 Å². The maximum Gasteiger partial charge on any atom is 0.169 e. The molecule has 1 aromatic rings. The van der Waals surface area contributed by atoms with Gasteiger partial charge in [-0.15, -0.1) is 0 Å². The SMILES string of the molecule is COc1cccc([C@@H](N)[C@@H](O)C2CC2)c1F. The van der Waals surface area contributed by atoms with Gasteiger partial charge in [-0.1, -0.05) is 12.1 Å². The number of rotatable bonds is 4. The molecular formula is C12H16FNO2. The molecule has 4 heteroatoms. The molecule has 3 N–H and O–H groups in total. The van der Waals surface area contributed by atoms with Crippen LogP contribution in [0.25, 0.3) is 0 Å². The van der Waals surface area contributed by atoms with E-state index in [0.29, 0.717) is 5.56 Å². The molecule has 16 heavy (non-hydrogen) atoms. The molecule has 1 fully saturated rings. The van der Waals surface area contributed by atoms with Crippen molar-refractivity contribution in [1.29, 1.82) is 0 Å². The van der Waals surface area contributed by atoms with Gasteiger partial charge in [0.05, 0.1) is 19.3 Å². The van der Waals surface area contributed by atoms with E-state index in [-0.39, 0.29) is 11.7 Å². The van der Waals surface area contributed by atoms with Crippen molar-refractivity contribution in [3.05, 3.63) is 29.6 Å². The first-order valence-electron chi connectivity index (χ1n) is 5.41. The molecule has 3 nitrogen and oxygen atoms in total. The minimum absolute atomic E-state index is 0.163. The summed E-state index contributed by atoms with van der Waals surface area (Å²) in [5, 5.41) is 9.87. The Morgan fingerprint density at radius 2 is 2.19 bits per heavy atom. The molecule has 1 saturated carbocycles. The summed E-state index contributed by atoms with van der Waals surface area (Å²) in [7, 11) is 1.41. The second-order valence-electron chi connectivity index (χ2n) is 4.22. The van der Waals surface area contributed by atoms with E-state index in [9.17, 15) is 9.50 Å². The van der Waals surface area contributed by atoms with E-state index in [1.165, 1.54) is 13.2 Å².